The molecule has 0 saturated heterocycles. The highest BCUT2D eigenvalue weighted by Crippen LogP contribution is 2.34. The van der Waals surface area contributed by atoms with E-state index in [0.29, 0.717) is 0 Å². The molecule has 2 atom stereocenters. The summed E-state index contributed by atoms with van der Waals surface area (Å²) in [6.07, 6.45) is 4.74. The zero-order valence-corrected chi connectivity index (χ0v) is 11.9. The molecule has 0 aromatic rings. The molecule has 0 bridgehead atoms. The predicted octanol–water partition coefficient (Wildman–Crippen LogP) is 2.53. The first-order valence-electron chi connectivity index (χ1n) is 6.17. The second kappa shape index (κ2) is 7.85. The topological polar surface area (TPSA) is 40.5 Å². The Morgan fingerprint density at radius 3 is 1.44 bits per heavy atom. The van der Waals surface area contributed by atoms with Gasteiger partial charge in [-0.2, -0.15) is 23.5 Å². The number of aliphatic hydroxyl groups is 2. The first kappa shape index (κ1) is 14.7. The number of thioether (sulfide) groups is 2. The molecule has 2 nitrogen and oxygen atoms in total. The van der Waals surface area contributed by atoms with Crippen LogP contribution in [-0.2, 0) is 0 Å². The van der Waals surface area contributed by atoms with Gasteiger partial charge in [-0.05, 0) is 39.5 Å². The molecule has 2 unspecified atom stereocenters. The van der Waals surface area contributed by atoms with Crippen molar-refractivity contribution in [1.29, 1.82) is 0 Å². The molecule has 1 aliphatic rings. The molecule has 0 heterocycles. The minimum atomic E-state index is -0.174. The lowest BCUT2D eigenvalue weighted by molar-refractivity contribution is 0.219. The van der Waals surface area contributed by atoms with Crippen molar-refractivity contribution in [2.45, 2.75) is 62.2 Å². The molecule has 0 spiro atoms. The molecule has 1 rings (SSSR count). The van der Waals surface area contributed by atoms with Gasteiger partial charge in [-0.15, -0.1) is 0 Å². The van der Waals surface area contributed by atoms with E-state index in [2.05, 4.69) is 0 Å². The van der Waals surface area contributed by atoms with Crippen LogP contribution < -0.4 is 0 Å². The third-order valence-corrected chi connectivity index (χ3v) is 6.00. The van der Waals surface area contributed by atoms with E-state index in [1.54, 1.807) is 0 Å². The van der Waals surface area contributed by atoms with E-state index in [1.807, 2.05) is 37.4 Å². The Hall–Kier alpha value is 0.620. The van der Waals surface area contributed by atoms with E-state index in [-0.39, 0.29) is 12.2 Å². The molecule has 96 valence electrons. The SMILES string of the molecule is CC(O)CSC1CCC(SCC(C)O)CC1. The maximum absolute atomic E-state index is 9.23. The van der Waals surface area contributed by atoms with Crippen molar-refractivity contribution in [3.63, 3.8) is 0 Å². The molecule has 16 heavy (non-hydrogen) atoms. The van der Waals surface area contributed by atoms with Crippen LogP contribution in [-0.4, -0.2) is 44.4 Å². The summed E-state index contributed by atoms with van der Waals surface area (Å²) in [7, 11) is 0. The minimum Gasteiger partial charge on any atom is -0.393 e. The summed E-state index contributed by atoms with van der Waals surface area (Å²) in [5, 5.41) is 20.0. The van der Waals surface area contributed by atoms with Gasteiger partial charge in [0.1, 0.15) is 0 Å². The molecule has 0 aliphatic heterocycles. The van der Waals surface area contributed by atoms with E-state index in [4.69, 9.17) is 0 Å². The van der Waals surface area contributed by atoms with Crippen LogP contribution in [0.1, 0.15) is 39.5 Å². The van der Waals surface area contributed by atoms with Crippen LogP contribution in [0.25, 0.3) is 0 Å². The Morgan fingerprint density at radius 2 is 1.19 bits per heavy atom. The molecule has 0 aromatic heterocycles. The molecular formula is C12H24O2S2. The van der Waals surface area contributed by atoms with Gasteiger partial charge in [0.15, 0.2) is 0 Å². The number of hydrogen-bond acceptors (Lipinski definition) is 4. The average molecular weight is 264 g/mol. The smallest absolute Gasteiger partial charge is 0.0602 e. The van der Waals surface area contributed by atoms with Crippen molar-refractivity contribution in [1.82, 2.24) is 0 Å². The van der Waals surface area contributed by atoms with Crippen LogP contribution in [0.15, 0.2) is 0 Å². The van der Waals surface area contributed by atoms with E-state index in [0.717, 1.165) is 22.0 Å². The second-order valence-corrected chi connectivity index (χ2v) is 7.43. The molecular weight excluding hydrogens is 240 g/mol. The number of hydrogen-bond donors (Lipinski definition) is 2. The van der Waals surface area contributed by atoms with Crippen LogP contribution in [0.5, 0.6) is 0 Å². The fourth-order valence-corrected chi connectivity index (χ4v) is 4.23. The monoisotopic (exact) mass is 264 g/mol. The van der Waals surface area contributed by atoms with Gasteiger partial charge in [-0.3, -0.25) is 0 Å². The number of aliphatic hydroxyl groups excluding tert-OH is 2. The first-order valence-corrected chi connectivity index (χ1v) is 8.27. The third-order valence-electron chi connectivity index (χ3n) is 2.77. The van der Waals surface area contributed by atoms with Gasteiger partial charge in [0, 0.05) is 22.0 Å². The standard InChI is InChI=1S/C12H24O2S2/c1-9(13)7-15-11-3-5-12(6-4-11)16-8-10(2)14/h9-14H,3-8H2,1-2H3. The van der Waals surface area contributed by atoms with Crippen LogP contribution in [0, 0.1) is 0 Å². The summed E-state index contributed by atoms with van der Waals surface area (Å²) in [4.78, 5) is 0. The Balaban J connectivity index is 2.09. The normalized spacial score (nSPS) is 30.0. The lowest BCUT2D eigenvalue weighted by Crippen LogP contribution is -2.21. The summed E-state index contributed by atoms with van der Waals surface area (Å²) in [5.74, 6) is 1.74. The van der Waals surface area contributed by atoms with Crippen molar-refractivity contribution in [2.24, 2.45) is 0 Å². The van der Waals surface area contributed by atoms with Crippen molar-refractivity contribution < 1.29 is 10.2 Å². The predicted molar refractivity (Wildman–Crippen MR) is 74.3 cm³/mol. The first-order chi connectivity index (χ1) is 7.58. The highest BCUT2D eigenvalue weighted by atomic mass is 32.2. The molecule has 1 fully saturated rings. The molecule has 1 aliphatic carbocycles. The van der Waals surface area contributed by atoms with Crippen molar-refractivity contribution in [2.75, 3.05) is 11.5 Å². The molecule has 1 saturated carbocycles. The van der Waals surface area contributed by atoms with Gasteiger partial charge in [0.25, 0.3) is 0 Å². The fourth-order valence-electron chi connectivity index (χ4n) is 1.92. The molecule has 0 amide bonds. The van der Waals surface area contributed by atoms with Gasteiger partial charge < -0.3 is 10.2 Å². The van der Waals surface area contributed by atoms with E-state index in [9.17, 15) is 10.2 Å². The number of rotatable bonds is 6. The maximum Gasteiger partial charge on any atom is 0.0602 e. The highest BCUT2D eigenvalue weighted by molar-refractivity contribution is 8.00. The highest BCUT2D eigenvalue weighted by Gasteiger charge is 2.22. The Morgan fingerprint density at radius 1 is 0.875 bits per heavy atom. The molecule has 2 N–H and O–H groups in total. The van der Waals surface area contributed by atoms with Crippen LogP contribution in [0.2, 0.25) is 0 Å². The van der Waals surface area contributed by atoms with Gasteiger partial charge in [-0.1, -0.05) is 0 Å². The van der Waals surface area contributed by atoms with Crippen molar-refractivity contribution in [3.05, 3.63) is 0 Å². The summed E-state index contributed by atoms with van der Waals surface area (Å²) in [5.41, 5.74) is 0. The summed E-state index contributed by atoms with van der Waals surface area (Å²) < 4.78 is 0. The van der Waals surface area contributed by atoms with Gasteiger partial charge in [0.05, 0.1) is 12.2 Å². The molecule has 0 aromatic carbocycles. The van der Waals surface area contributed by atoms with E-state index >= 15 is 0 Å². The summed E-state index contributed by atoms with van der Waals surface area (Å²) in [6, 6.07) is 0. The lowest BCUT2D eigenvalue weighted by Gasteiger charge is -2.28. The Labute approximate surface area is 108 Å². The molecule has 4 heteroatoms. The minimum absolute atomic E-state index is 0.174. The zero-order chi connectivity index (χ0) is 12.0. The van der Waals surface area contributed by atoms with Gasteiger partial charge >= 0.3 is 0 Å². The maximum atomic E-state index is 9.23. The summed E-state index contributed by atoms with van der Waals surface area (Å²) in [6.45, 7) is 3.72. The summed E-state index contributed by atoms with van der Waals surface area (Å²) >= 11 is 3.85. The lowest BCUT2D eigenvalue weighted by atomic mass is 10.00. The van der Waals surface area contributed by atoms with Crippen molar-refractivity contribution >= 4 is 23.5 Å². The molecule has 0 radical (unpaired) electrons. The second-order valence-electron chi connectivity index (χ2n) is 4.76. The fraction of sp³-hybridized carbons (Fsp3) is 1.00. The van der Waals surface area contributed by atoms with Gasteiger partial charge in [-0.25, -0.2) is 0 Å². The quantitative estimate of drug-likeness (QED) is 0.773. The largest absolute Gasteiger partial charge is 0.393 e. The van der Waals surface area contributed by atoms with Crippen LogP contribution >= 0.6 is 23.5 Å². The third kappa shape index (κ3) is 6.38. The van der Waals surface area contributed by atoms with E-state index in [1.165, 1.54) is 25.7 Å². The van der Waals surface area contributed by atoms with Crippen LogP contribution in [0.3, 0.4) is 0 Å². The Bertz CT molecular complexity index is 158. The Kier molecular flexibility index (Phi) is 7.20. The van der Waals surface area contributed by atoms with Crippen LogP contribution in [0.4, 0.5) is 0 Å². The van der Waals surface area contributed by atoms with Gasteiger partial charge in [0.2, 0.25) is 0 Å². The zero-order valence-electron chi connectivity index (χ0n) is 10.3. The van der Waals surface area contributed by atoms with E-state index < -0.39 is 0 Å². The average Bonchev–Trinajstić information content (AvgIpc) is 2.25. The van der Waals surface area contributed by atoms with Crippen molar-refractivity contribution in [3.8, 4) is 0 Å².